The van der Waals surface area contributed by atoms with Crippen molar-refractivity contribution in [2.75, 3.05) is 39.8 Å². The lowest BCUT2D eigenvalue weighted by Crippen LogP contribution is -2.46. The molecule has 2 rings (SSSR count). The maximum Gasteiger partial charge on any atom is 0.410 e. The van der Waals surface area contributed by atoms with E-state index in [-0.39, 0.29) is 30.4 Å². The maximum absolute atomic E-state index is 12.6. The average Bonchev–Trinajstić information content (AvgIpc) is 2.76. The van der Waals surface area contributed by atoms with E-state index in [2.05, 4.69) is 10.1 Å². The Morgan fingerprint density at radius 1 is 1.00 bits per heavy atom. The van der Waals surface area contributed by atoms with Gasteiger partial charge in [0.15, 0.2) is 0 Å². The summed E-state index contributed by atoms with van der Waals surface area (Å²) in [5, 5.41) is 2.58. The van der Waals surface area contributed by atoms with Gasteiger partial charge < -0.3 is 24.6 Å². The van der Waals surface area contributed by atoms with Crippen LogP contribution in [0.25, 0.3) is 0 Å². The van der Waals surface area contributed by atoms with E-state index in [0.29, 0.717) is 44.9 Å². The summed E-state index contributed by atoms with van der Waals surface area (Å²) in [6, 6.07) is 0. The quantitative estimate of drug-likeness (QED) is 0.593. The molecule has 0 aromatic carbocycles. The number of rotatable bonds is 7. The van der Waals surface area contributed by atoms with Crippen LogP contribution in [-0.4, -0.2) is 79.1 Å². The fraction of sp³-hybridized carbons (Fsp3) is 0.826. The van der Waals surface area contributed by atoms with E-state index >= 15 is 0 Å². The van der Waals surface area contributed by atoms with Crippen molar-refractivity contribution in [3.05, 3.63) is 0 Å². The number of nitrogens with zero attached hydrogens (tertiary/aromatic N) is 2. The summed E-state index contributed by atoms with van der Waals surface area (Å²) in [6.07, 6.45) is 5.36. The van der Waals surface area contributed by atoms with E-state index < -0.39 is 11.6 Å². The Bertz CT molecular complexity index is 667. The lowest BCUT2D eigenvalue weighted by atomic mass is 9.91. The number of methoxy groups -OCH3 is 1. The SMILES string of the molecule is COC(=O)CNC(=O)C1CCCN(C(=O)CCCC2CCN(C(=O)OC(C)(C)C)CC2)C1. The number of carbonyl (C=O) groups is 4. The number of piperidine rings is 2. The lowest BCUT2D eigenvalue weighted by molar-refractivity contribution is -0.142. The minimum Gasteiger partial charge on any atom is -0.468 e. The molecule has 0 aromatic rings. The number of carbonyl (C=O) groups excluding carboxylic acids is 4. The van der Waals surface area contributed by atoms with Crippen LogP contribution in [-0.2, 0) is 23.9 Å². The molecule has 0 saturated carbocycles. The molecule has 2 fully saturated rings. The van der Waals surface area contributed by atoms with Gasteiger partial charge in [-0.25, -0.2) is 4.79 Å². The van der Waals surface area contributed by atoms with Crippen LogP contribution < -0.4 is 5.32 Å². The van der Waals surface area contributed by atoms with E-state index in [4.69, 9.17) is 4.74 Å². The third kappa shape index (κ3) is 8.67. The normalized spacial score (nSPS) is 19.9. The molecule has 1 atom stereocenters. The van der Waals surface area contributed by atoms with Gasteiger partial charge >= 0.3 is 12.1 Å². The summed E-state index contributed by atoms with van der Waals surface area (Å²) in [7, 11) is 1.28. The molecular weight excluding hydrogens is 414 g/mol. The first-order valence-electron chi connectivity index (χ1n) is 11.7. The largest absolute Gasteiger partial charge is 0.468 e. The summed E-state index contributed by atoms with van der Waals surface area (Å²) in [4.78, 5) is 51.8. The maximum atomic E-state index is 12.6. The first-order valence-corrected chi connectivity index (χ1v) is 11.7. The first kappa shape index (κ1) is 25.9. The molecule has 0 radical (unpaired) electrons. The third-order valence-electron chi connectivity index (χ3n) is 6.05. The smallest absolute Gasteiger partial charge is 0.410 e. The second-order valence-electron chi connectivity index (χ2n) is 9.78. The van der Waals surface area contributed by atoms with E-state index in [1.807, 2.05) is 20.8 Å². The Labute approximate surface area is 191 Å². The number of amides is 3. The minimum atomic E-state index is -0.487. The van der Waals surface area contributed by atoms with Crippen LogP contribution in [0, 0.1) is 11.8 Å². The second kappa shape index (κ2) is 12.1. The molecule has 0 bridgehead atoms. The molecule has 2 heterocycles. The van der Waals surface area contributed by atoms with Gasteiger partial charge in [-0.1, -0.05) is 0 Å². The van der Waals surface area contributed by atoms with Crippen molar-refractivity contribution in [1.82, 2.24) is 15.1 Å². The van der Waals surface area contributed by atoms with Crippen molar-refractivity contribution in [2.24, 2.45) is 11.8 Å². The molecule has 32 heavy (non-hydrogen) atoms. The lowest BCUT2D eigenvalue weighted by Gasteiger charge is -2.34. The van der Waals surface area contributed by atoms with E-state index in [1.54, 1.807) is 9.80 Å². The van der Waals surface area contributed by atoms with Crippen molar-refractivity contribution in [3.8, 4) is 0 Å². The molecule has 0 aliphatic carbocycles. The zero-order valence-corrected chi connectivity index (χ0v) is 20.0. The minimum absolute atomic E-state index is 0.0849. The van der Waals surface area contributed by atoms with Gasteiger partial charge in [0.25, 0.3) is 0 Å². The second-order valence-corrected chi connectivity index (χ2v) is 9.78. The number of nitrogens with one attached hydrogen (secondary N) is 1. The first-order chi connectivity index (χ1) is 15.1. The molecular formula is C23H39N3O6. The Hall–Kier alpha value is -2.32. The van der Waals surface area contributed by atoms with Crippen molar-refractivity contribution in [1.29, 1.82) is 0 Å². The predicted octanol–water partition coefficient (Wildman–Crippen LogP) is 2.33. The van der Waals surface area contributed by atoms with Crippen molar-refractivity contribution >= 4 is 23.9 Å². The third-order valence-corrected chi connectivity index (χ3v) is 6.05. The molecule has 182 valence electrons. The van der Waals surface area contributed by atoms with Gasteiger partial charge in [-0.15, -0.1) is 0 Å². The van der Waals surface area contributed by atoms with Gasteiger partial charge in [0.05, 0.1) is 13.0 Å². The Kier molecular flexibility index (Phi) is 9.78. The molecule has 0 spiro atoms. The van der Waals surface area contributed by atoms with Crippen LogP contribution in [0.4, 0.5) is 4.79 Å². The van der Waals surface area contributed by atoms with Crippen molar-refractivity contribution < 1.29 is 28.7 Å². The number of hydrogen-bond donors (Lipinski definition) is 1. The molecule has 2 aliphatic rings. The standard InChI is InChI=1S/C23H39N3O6/c1-23(2,3)32-22(30)25-13-10-17(11-14-25)7-5-9-19(27)26-12-6-8-18(16-26)21(29)24-15-20(28)31-4/h17-18H,5-16H2,1-4H3,(H,24,29). The number of esters is 1. The van der Waals surface area contributed by atoms with Gasteiger partial charge in [0.1, 0.15) is 12.1 Å². The molecule has 9 heteroatoms. The number of likely N-dealkylation sites (tertiary alicyclic amines) is 2. The molecule has 1 unspecified atom stereocenters. The number of hydrogen-bond acceptors (Lipinski definition) is 6. The highest BCUT2D eigenvalue weighted by molar-refractivity contribution is 5.84. The summed E-state index contributed by atoms with van der Waals surface area (Å²) in [6.45, 7) is 7.93. The fourth-order valence-electron chi connectivity index (χ4n) is 4.22. The fourth-order valence-corrected chi connectivity index (χ4v) is 4.22. The van der Waals surface area contributed by atoms with E-state index in [0.717, 1.165) is 32.1 Å². The van der Waals surface area contributed by atoms with Crippen LogP contribution in [0.15, 0.2) is 0 Å². The molecule has 0 aromatic heterocycles. The molecule has 2 saturated heterocycles. The summed E-state index contributed by atoms with van der Waals surface area (Å²) < 4.78 is 9.97. The van der Waals surface area contributed by atoms with Gasteiger partial charge in [-0.3, -0.25) is 14.4 Å². The topological polar surface area (TPSA) is 105 Å². The Balaban J connectivity index is 1.66. The zero-order valence-electron chi connectivity index (χ0n) is 20.0. The van der Waals surface area contributed by atoms with Crippen LogP contribution in [0.2, 0.25) is 0 Å². The van der Waals surface area contributed by atoms with E-state index in [9.17, 15) is 19.2 Å². The van der Waals surface area contributed by atoms with E-state index in [1.165, 1.54) is 7.11 Å². The van der Waals surface area contributed by atoms with Gasteiger partial charge in [0, 0.05) is 32.6 Å². The van der Waals surface area contributed by atoms with Crippen LogP contribution >= 0.6 is 0 Å². The highest BCUT2D eigenvalue weighted by Crippen LogP contribution is 2.25. The van der Waals surface area contributed by atoms with Crippen molar-refractivity contribution in [3.63, 3.8) is 0 Å². The van der Waals surface area contributed by atoms with Crippen LogP contribution in [0.3, 0.4) is 0 Å². The highest BCUT2D eigenvalue weighted by Gasteiger charge is 2.29. The van der Waals surface area contributed by atoms with Crippen molar-refractivity contribution in [2.45, 2.75) is 71.3 Å². The zero-order chi connectivity index (χ0) is 23.7. The van der Waals surface area contributed by atoms with Gasteiger partial charge in [-0.2, -0.15) is 0 Å². The summed E-state index contributed by atoms with van der Waals surface area (Å²) >= 11 is 0. The van der Waals surface area contributed by atoms with Gasteiger partial charge in [-0.05, 0) is 65.2 Å². The van der Waals surface area contributed by atoms with Crippen LogP contribution in [0.5, 0.6) is 0 Å². The molecule has 9 nitrogen and oxygen atoms in total. The average molecular weight is 454 g/mol. The molecule has 1 N–H and O–H groups in total. The summed E-state index contributed by atoms with van der Waals surface area (Å²) in [5.41, 5.74) is -0.482. The highest BCUT2D eigenvalue weighted by atomic mass is 16.6. The predicted molar refractivity (Wildman–Crippen MR) is 119 cm³/mol. The number of ether oxygens (including phenoxy) is 2. The Morgan fingerprint density at radius 3 is 2.31 bits per heavy atom. The monoisotopic (exact) mass is 453 g/mol. The Morgan fingerprint density at radius 2 is 1.69 bits per heavy atom. The van der Waals surface area contributed by atoms with Crippen LogP contribution in [0.1, 0.15) is 65.7 Å². The summed E-state index contributed by atoms with van der Waals surface area (Å²) in [5.74, 6) is -0.375. The molecule has 3 amide bonds. The van der Waals surface area contributed by atoms with Gasteiger partial charge in [0.2, 0.25) is 11.8 Å². The molecule has 2 aliphatic heterocycles.